The van der Waals surface area contributed by atoms with Crippen LogP contribution in [-0.4, -0.2) is 43.7 Å². The third kappa shape index (κ3) is 4.32. The summed E-state index contributed by atoms with van der Waals surface area (Å²) in [7, 11) is -3.76. The van der Waals surface area contributed by atoms with Crippen molar-refractivity contribution < 1.29 is 17.9 Å². The van der Waals surface area contributed by atoms with Gasteiger partial charge in [0, 0.05) is 19.0 Å². The van der Waals surface area contributed by atoms with Gasteiger partial charge in [0.1, 0.15) is 0 Å². The number of aliphatic hydroxyl groups is 1. The first kappa shape index (κ1) is 19.0. The van der Waals surface area contributed by atoms with Gasteiger partial charge in [0.05, 0.1) is 16.7 Å². The molecule has 1 saturated heterocycles. The van der Waals surface area contributed by atoms with Crippen molar-refractivity contribution in [3.63, 3.8) is 0 Å². The smallest absolute Gasteiger partial charge is 0.240 e. The first-order valence-electron chi connectivity index (χ1n) is 8.75. The minimum atomic E-state index is -3.76. The van der Waals surface area contributed by atoms with Crippen LogP contribution in [0.2, 0.25) is 0 Å². The third-order valence-electron chi connectivity index (χ3n) is 4.74. The van der Waals surface area contributed by atoms with Crippen LogP contribution in [0.3, 0.4) is 0 Å². The average Bonchev–Trinajstić information content (AvgIpc) is 2.91. The van der Waals surface area contributed by atoms with Crippen LogP contribution in [0.15, 0.2) is 33.7 Å². The van der Waals surface area contributed by atoms with Crippen LogP contribution >= 0.6 is 0 Å². The molecule has 1 aliphatic heterocycles. The Labute approximate surface area is 153 Å². The number of nitrogens with zero attached hydrogens (tertiary/aromatic N) is 1. The van der Waals surface area contributed by atoms with Gasteiger partial charge in [-0.1, -0.05) is 12.1 Å². The van der Waals surface area contributed by atoms with Crippen LogP contribution in [0.1, 0.15) is 30.7 Å². The van der Waals surface area contributed by atoms with Crippen molar-refractivity contribution in [1.82, 2.24) is 15.0 Å². The lowest BCUT2D eigenvalue weighted by Gasteiger charge is -2.26. The van der Waals surface area contributed by atoms with Crippen molar-refractivity contribution in [1.29, 1.82) is 0 Å². The van der Waals surface area contributed by atoms with E-state index in [1.165, 1.54) is 0 Å². The Morgan fingerprint density at radius 3 is 2.85 bits per heavy atom. The van der Waals surface area contributed by atoms with Gasteiger partial charge >= 0.3 is 0 Å². The van der Waals surface area contributed by atoms with Crippen LogP contribution in [0.25, 0.3) is 11.3 Å². The van der Waals surface area contributed by atoms with Gasteiger partial charge in [-0.05, 0) is 50.9 Å². The Morgan fingerprint density at radius 1 is 1.31 bits per heavy atom. The highest BCUT2D eigenvalue weighted by Crippen LogP contribution is 2.26. The monoisotopic (exact) mass is 379 g/mol. The Bertz CT molecular complexity index is 868. The molecule has 0 saturated carbocycles. The van der Waals surface area contributed by atoms with E-state index >= 15 is 0 Å². The van der Waals surface area contributed by atoms with E-state index in [0.29, 0.717) is 42.2 Å². The van der Waals surface area contributed by atoms with Crippen LogP contribution in [0.5, 0.6) is 0 Å². The molecule has 3 N–H and O–H groups in total. The molecule has 1 fully saturated rings. The lowest BCUT2D eigenvalue weighted by atomic mass is 9.95. The minimum Gasteiger partial charge on any atom is -0.441 e. The number of benzene rings is 1. The van der Waals surface area contributed by atoms with Crippen molar-refractivity contribution in [2.75, 3.05) is 19.6 Å². The summed E-state index contributed by atoms with van der Waals surface area (Å²) in [6, 6.07) is 5.13. The van der Waals surface area contributed by atoms with Gasteiger partial charge in [-0.3, -0.25) is 0 Å². The normalized spacial score (nSPS) is 21.5. The molecule has 0 bridgehead atoms. The van der Waals surface area contributed by atoms with Gasteiger partial charge in [-0.2, -0.15) is 0 Å². The number of rotatable bonds is 5. The van der Waals surface area contributed by atoms with Gasteiger partial charge in [0.25, 0.3) is 0 Å². The molecule has 0 aliphatic carbocycles. The molecule has 1 aromatic heterocycles. The zero-order chi connectivity index (χ0) is 18.8. The zero-order valence-electron chi connectivity index (χ0n) is 15.1. The largest absolute Gasteiger partial charge is 0.441 e. The van der Waals surface area contributed by atoms with Crippen molar-refractivity contribution in [2.24, 2.45) is 0 Å². The SMILES string of the molecule is Cc1ncc(-c2ccc(C)c(S(=O)(=O)NCC3(O)CCCNCC3)c2)o1. The number of nitrogens with one attached hydrogen (secondary N) is 2. The summed E-state index contributed by atoms with van der Waals surface area (Å²) >= 11 is 0. The van der Waals surface area contributed by atoms with Gasteiger partial charge < -0.3 is 14.8 Å². The highest BCUT2D eigenvalue weighted by atomic mass is 32.2. The number of sulfonamides is 1. The van der Waals surface area contributed by atoms with Gasteiger partial charge in [-0.25, -0.2) is 18.1 Å². The fourth-order valence-electron chi connectivity index (χ4n) is 3.14. The van der Waals surface area contributed by atoms with Gasteiger partial charge in [-0.15, -0.1) is 0 Å². The molecule has 1 aromatic carbocycles. The van der Waals surface area contributed by atoms with E-state index in [1.54, 1.807) is 38.2 Å². The van der Waals surface area contributed by atoms with Crippen molar-refractivity contribution in [3.8, 4) is 11.3 Å². The molecule has 3 rings (SSSR count). The Balaban J connectivity index is 1.82. The lowest BCUT2D eigenvalue weighted by Crippen LogP contribution is -2.43. The molecule has 1 atom stereocenters. The number of oxazole rings is 1. The maximum atomic E-state index is 12.8. The van der Waals surface area contributed by atoms with E-state index < -0.39 is 15.6 Å². The fraction of sp³-hybridized carbons (Fsp3) is 0.500. The molecule has 1 aliphatic rings. The molecular formula is C18H25N3O4S. The molecule has 26 heavy (non-hydrogen) atoms. The standard InChI is InChI=1S/C18H25N3O4S/c1-13-4-5-15(16-11-20-14(2)25-16)10-17(13)26(23,24)21-12-18(22)6-3-8-19-9-7-18/h4-5,10-11,19,21-22H,3,6-9,12H2,1-2H3. The Morgan fingerprint density at radius 2 is 2.12 bits per heavy atom. The second-order valence-corrected chi connectivity index (χ2v) is 8.61. The summed E-state index contributed by atoms with van der Waals surface area (Å²) in [5, 5.41) is 13.9. The van der Waals surface area contributed by atoms with Crippen LogP contribution in [0.4, 0.5) is 0 Å². The predicted molar refractivity (Wildman–Crippen MR) is 98.3 cm³/mol. The van der Waals surface area contributed by atoms with Crippen LogP contribution in [0, 0.1) is 13.8 Å². The predicted octanol–water partition coefficient (Wildman–Crippen LogP) is 1.74. The quantitative estimate of drug-likeness (QED) is 0.731. The third-order valence-corrected chi connectivity index (χ3v) is 6.28. The van der Waals surface area contributed by atoms with Crippen LogP contribution in [-0.2, 0) is 10.0 Å². The van der Waals surface area contributed by atoms with Crippen molar-refractivity contribution in [2.45, 2.75) is 43.6 Å². The summed E-state index contributed by atoms with van der Waals surface area (Å²) in [6.07, 6.45) is 3.48. The van der Waals surface area contributed by atoms with E-state index in [1.807, 2.05) is 0 Å². The van der Waals surface area contributed by atoms with Gasteiger partial charge in [0.2, 0.25) is 10.0 Å². The summed E-state index contributed by atoms with van der Waals surface area (Å²) < 4.78 is 33.7. The van der Waals surface area contributed by atoms with E-state index in [9.17, 15) is 13.5 Å². The topological polar surface area (TPSA) is 104 Å². The van der Waals surface area contributed by atoms with E-state index in [-0.39, 0.29) is 11.4 Å². The molecule has 0 radical (unpaired) electrons. The molecule has 8 heteroatoms. The highest BCUT2D eigenvalue weighted by molar-refractivity contribution is 7.89. The fourth-order valence-corrected chi connectivity index (χ4v) is 4.52. The number of aryl methyl sites for hydroxylation is 2. The summed E-state index contributed by atoms with van der Waals surface area (Å²) in [4.78, 5) is 4.23. The molecule has 0 spiro atoms. The second kappa shape index (κ2) is 7.48. The molecule has 1 unspecified atom stereocenters. The lowest BCUT2D eigenvalue weighted by molar-refractivity contribution is 0.0335. The summed E-state index contributed by atoms with van der Waals surface area (Å²) in [5.41, 5.74) is 0.255. The van der Waals surface area contributed by atoms with E-state index in [2.05, 4.69) is 15.0 Å². The van der Waals surface area contributed by atoms with Crippen molar-refractivity contribution >= 4 is 10.0 Å². The maximum Gasteiger partial charge on any atom is 0.240 e. The number of aromatic nitrogens is 1. The first-order valence-corrected chi connectivity index (χ1v) is 10.2. The molecule has 0 amide bonds. The number of hydrogen-bond donors (Lipinski definition) is 3. The summed E-state index contributed by atoms with van der Waals surface area (Å²) in [5.74, 6) is 1.04. The maximum absolute atomic E-state index is 12.8. The first-order chi connectivity index (χ1) is 12.3. The Hall–Kier alpha value is -1.74. The highest BCUT2D eigenvalue weighted by Gasteiger charge is 2.30. The number of hydrogen-bond acceptors (Lipinski definition) is 6. The summed E-state index contributed by atoms with van der Waals surface area (Å²) in [6.45, 7) is 5.00. The van der Waals surface area contributed by atoms with E-state index in [0.717, 1.165) is 13.0 Å². The van der Waals surface area contributed by atoms with Crippen molar-refractivity contribution in [3.05, 3.63) is 35.9 Å². The second-order valence-electron chi connectivity index (χ2n) is 6.88. The molecular weight excluding hydrogens is 354 g/mol. The average molecular weight is 379 g/mol. The Kier molecular flexibility index (Phi) is 5.47. The molecule has 2 aromatic rings. The molecule has 2 heterocycles. The van der Waals surface area contributed by atoms with Gasteiger partial charge in [0.15, 0.2) is 11.7 Å². The molecule has 142 valence electrons. The minimum absolute atomic E-state index is 0.00208. The molecule has 7 nitrogen and oxygen atoms in total. The van der Waals surface area contributed by atoms with E-state index in [4.69, 9.17) is 4.42 Å². The van der Waals surface area contributed by atoms with Crippen LogP contribution < -0.4 is 10.0 Å². The zero-order valence-corrected chi connectivity index (χ0v) is 15.9.